The van der Waals surface area contributed by atoms with Crippen LogP contribution in [0.4, 0.5) is 0 Å². The Morgan fingerprint density at radius 3 is 1.80 bits per heavy atom. The first-order chi connectivity index (χ1) is 1.91. The Balaban J connectivity index is 0. The Hall–Kier alpha value is 0.623. The first-order valence-electron chi connectivity index (χ1n) is 1.32. The zero-order valence-corrected chi connectivity index (χ0v) is 7.03. The number of hydrogen-bond acceptors (Lipinski definition) is 0. The van der Waals surface area contributed by atoms with Crippen molar-refractivity contribution in [3.05, 3.63) is 19.1 Å². The molecule has 0 aromatic heterocycles. The molecule has 0 unspecified atom stereocenters. The first kappa shape index (κ1) is 9.16. The molecule has 5 heavy (non-hydrogen) atoms. The van der Waals surface area contributed by atoms with Crippen LogP contribution >= 0.6 is 0 Å². The summed E-state index contributed by atoms with van der Waals surface area (Å²) in [7, 11) is 0. The molecule has 0 aliphatic heterocycles. The molecule has 0 fully saturated rings. The molecule has 0 aliphatic carbocycles. The summed E-state index contributed by atoms with van der Waals surface area (Å²) in [4.78, 5) is 0. The molecule has 0 saturated heterocycles. The van der Waals surface area contributed by atoms with E-state index in [1.54, 1.807) is 6.08 Å². The van der Waals surface area contributed by atoms with Crippen molar-refractivity contribution in [1.29, 1.82) is 0 Å². The molecule has 29 valence electrons. The normalized spacial score (nSPS) is 7.40. The van der Waals surface area contributed by atoms with Crippen molar-refractivity contribution in [2.24, 2.45) is 0 Å². The maximum Gasteiger partial charge on any atom is 0 e. The largest absolute Gasteiger partial charge is 0.245 e. The second-order valence-corrected chi connectivity index (χ2v) is 0.569. The molecule has 0 saturated carbocycles. The summed E-state index contributed by atoms with van der Waals surface area (Å²) in [5, 5.41) is 0. The second kappa shape index (κ2) is 8.82. The quantitative estimate of drug-likeness (QED) is 0.592. The summed E-state index contributed by atoms with van der Waals surface area (Å²) in [5.74, 6) is 0. The average Bonchev–Trinajstić information content (AvgIpc) is 1.37. The molecule has 0 aromatic carbocycles. The molecule has 0 aromatic rings. The van der Waals surface area contributed by atoms with Crippen LogP contribution in [0.25, 0.3) is 0 Å². The number of hydrogen-bond donors (Lipinski definition) is 0. The van der Waals surface area contributed by atoms with Crippen LogP contribution in [-0.2, 0) is 0 Å². The van der Waals surface area contributed by atoms with Gasteiger partial charge in [0, 0.05) is 29.9 Å². The van der Waals surface area contributed by atoms with Gasteiger partial charge in [-0.05, 0) is 0 Å². The predicted octanol–water partition coefficient (Wildman–Crippen LogP) is 1.40. The van der Waals surface area contributed by atoms with E-state index in [1.807, 2.05) is 13.0 Å². The summed E-state index contributed by atoms with van der Waals surface area (Å²) >= 11 is 0. The van der Waals surface area contributed by atoms with Gasteiger partial charge in [-0.25, -0.2) is 19.1 Å². The minimum absolute atomic E-state index is 0. The topological polar surface area (TPSA) is 0 Å². The molecule has 0 heterocycles. The third-order valence-electron chi connectivity index (χ3n) is 0.236. The molecule has 0 atom stereocenters. The maximum atomic E-state index is 3.42. The first-order valence-corrected chi connectivity index (χ1v) is 1.32. The van der Waals surface area contributed by atoms with Crippen molar-refractivity contribution in [2.45, 2.75) is 6.92 Å². The Morgan fingerprint density at radius 1 is 1.60 bits per heavy atom. The van der Waals surface area contributed by atoms with Gasteiger partial charge in [0.2, 0.25) is 0 Å². The monoisotopic (exact) mass is 291 g/mol. The van der Waals surface area contributed by atoms with Crippen LogP contribution in [0, 0.1) is 36.9 Å². The number of rotatable bonds is 0. The zero-order chi connectivity index (χ0) is 3.41. The van der Waals surface area contributed by atoms with Crippen molar-refractivity contribution in [3.8, 4) is 0 Å². The van der Waals surface area contributed by atoms with E-state index >= 15 is 0 Å². The van der Waals surface area contributed by atoms with Gasteiger partial charge in [-0.15, -0.1) is 6.92 Å². The predicted molar refractivity (Wildman–Crippen MR) is 20.2 cm³/mol. The Kier molecular flexibility index (Phi) is 16.2. The third-order valence-corrected chi connectivity index (χ3v) is 0.236. The Morgan fingerprint density at radius 2 is 1.80 bits per heavy atom. The Bertz CT molecular complexity index is 18.8. The van der Waals surface area contributed by atoms with Crippen LogP contribution in [0.1, 0.15) is 6.92 Å². The van der Waals surface area contributed by atoms with E-state index in [9.17, 15) is 0 Å². The van der Waals surface area contributed by atoms with E-state index in [0.717, 1.165) is 0 Å². The van der Waals surface area contributed by atoms with E-state index < -0.39 is 0 Å². The van der Waals surface area contributed by atoms with Gasteiger partial charge in [-0.1, -0.05) is 0 Å². The van der Waals surface area contributed by atoms with Crippen LogP contribution in [0.3, 0.4) is 0 Å². The molecule has 0 bridgehead atoms. The van der Waals surface area contributed by atoms with Gasteiger partial charge >= 0.3 is 0 Å². The van der Waals surface area contributed by atoms with Crippen LogP contribution in [0.2, 0.25) is 0 Å². The summed E-state index contributed by atoms with van der Waals surface area (Å²) in [6.45, 7) is 5.36. The van der Waals surface area contributed by atoms with Gasteiger partial charge in [-0.2, -0.15) is 0 Å². The standard InChI is InChI=1S/C4H7.Np/c1-3-4-2;/h3-4H,1H2,2H3;/q-1;/b4-3-;. The van der Waals surface area contributed by atoms with Crippen LogP contribution in [0.15, 0.2) is 12.2 Å². The van der Waals surface area contributed by atoms with Gasteiger partial charge < -0.3 is 0 Å². The summed E-state index contributed by atoms with van der Waals surface area (Å²) in [6, 6.07) is 0. The van der Waals surface area contributed by atoms with E-state index in [0.29, 0.717) is 0 Å². The molecule has 0 spiro atoms. The van der Waals surface area contributed by atoms with Crippen LogP contribution in [-0.4, -0.2) is 0 Å². The minimum atomic E-state index is 0. The molecule has 0 rings (SSSR count). The van der Waals surface area contributed by atoms with Crippen molar-refractivity contribution < 1.29 is 29.9 Å². The van der Waals surface area contributed by atoms with E-state index in [1.165, 1.54) is 0 Å². The minimum Gasteiger partial charge on any atom is -0.245 e. The molecule has 0 aliphatic rings. The van der Waals surface area contributed by atoms with Crippen LogP contribution < -0.4 is 0 Å². The molecule has 0 N–H and O–H groups in total. The second-order valence-electron chi connectivity index (χ2n) is 0.569. The smallest absolute Gasteiger partial charge is 0 e. The van der Waals surface area contributed by atoms with Crippen molar-refractivity contribution >= 4 is 0 Å². The zero-order valence-electron chi connectivity index (χ0n) is 3.31. The fraction of sp³-hybridized carbons (Fsp3) is 0.250. The van der Waals surface area contributed by atoms with Crippen molar-refractivity contribution in [1.82, 2.24) is 0 Å². The molecule has 0 amide bonds. The summed E-state index contributed by atoms with van der Waals surface area (Å²) in [5.41, 5.74) is 0. The van der Waals surface area contributed by atoms with Gasteiger partial charge in [0.1, 0.15) is 0 Å². The van der Waals surface area contributed by atoms with Crippen molar-refractivity contribution in [3.63, 3.8) is 0 Å². The fourth-order valence-electron chi connectivity index (χ4n) is 0. The molecule has 0 nitrogen and oxygen atoms in total. The summed E-state index contributed by atoms with van der Waals surface area (Å²) < 4.78 is 0. The molecule has 1 radical (unpaired) electrons. The average molecular weight is 292 g/mol. The third kappa shape index (κ3) is 12.1. The van der Waals surface area contributed by atoms with Crippen molar-refractivity contribution in [2.75, 3.05) is 0 Å². The van der Waals surface area contributed by atoms with E-state index in [2.05, 4.69) is 6.92 Å². The van der Waals surface area contributed by atoms with Crippen LogP contribution in [0.5, 0.6) is 0 Å². The van der Waals surface area contributed by atoms with E-state index in [4.69, 9.17) is 0 Å². The van der Waals surface area contributed by atoms with Gasteiger partial charge in [0.15, 0.2) is 0 Å². The summed E-state index contributed by atoms with van der Waals surface area (Å²) in [6.07, 6.45) is 3.64. The van der Waals surface area contributed by atoms with Gasteiger partial charge in [0.25, 0.3) is 0 Å². The van der Waals surface area contributed by atoms with E-state index in [-0.39, 0.29) is 29.9 Å². The van der Waals surface area contributed by atoms with Gasteiger partial charge in [0.05, 0.1) is 0 Å². The molecular formula is C4H7Np-. The Labute approximate surface area is 55.9 Å². The maximum absolute atomic E-state index is 3.42. The molecule has 1 heteroatoms. The number of allylic oxidation sites excluding steroid dienone is 2. The molecular weight excluding hydrogens is 285 g/mol. The van der Waals surface area contributed by atoms with Gasteiger partial charge in [-0.3, -0.25) is 0 Å². The fourth-order valence-corrected chi connectivity index (χ4v) is 0. The SMILES string of the molecule is [CH2-]/C=C\C.[Np].